The SMILES string of the molecule is CN=C(NCc1ncc(C)s1)NCc1cc(Br)ccc1OC. The van der Waals surface area contributed by atoms with Gasteiger partial charge in [0.1, 0.15) is 10.8 Å². The summed E-state index contributed by atoms with van der Waals surface area (Å²) in [7, 11) is 3.42. The summed E-state index contributed by atoms with van der Waals surface area (Å²) in [4.78, 5) is 9.76. The molecule has 0 aliphatic carbocycles. The molecule has 118 valence electrons. The Morgan fingerprint density at radius 3 is 2.77 bits per heavy atom. The molecule has 0 saturated heterocycles. The molecule has 5 nitrogen and oxygen atoms in total. The van der Waals surface area contributed by atoms with Crippen LogP contribution in [0.3, 0.4) is 0 Å². The summed E-state index contributed by atoms with van der Waals surface area (Å²) in [5.74, 6) is 1.58. The van der Waals surface area contributed by atoms with Gasteiger partial charge in [0, 0.05) is 34.7 Å². The molecule has 22 heavy (non-hydrogen) atoms. The Balaban J connectivity index is 1.92. The maximum atomic E-state index is 5.37. The smallest absolute Gasteiger partial charge is 0.191 e. The van der Waals surface area contributed by atoms with Crippen LogP contribution in [-0.2, 0) is 13.1 Å². The number of nitrogens with one attached hydrogen (secondary N) is 2. The van der Waals surface area contributed by atoms with Gasteiger partial charge in [0.25, 0.3) is 0 Å². The third-order valence-corrected chi connectivity index (χ3v) is 4.39. The number of nitrogens with zero attached hydrogens (tertiary/aromatic N) is 2. The maximum Gasteiger partial charge on any atom is 0.191 e. The van der Waals surface area contributed by atoms with Gasteiger partial charge in [-0.15, -0.1) is 11.3 Å². The molecule has 2 rings (SSSR count). The lowest BCUT2D eigenvalue weighted by Crippen LogP contribution is -2.36. The summed E-state index contributed by atoms with van der Waals surface area (Å²) < 4.78 is 6.39. The van der Waals surface area contributed by atoms with Crippen LogP contribution in [0.25, 0.3) is 0 Å². The number of aryl methyl sites for hydroxylation is 1. The Hall–Kier alpha value is -1.60. The van der Waals surface area contributed by atoms with Crippen LogP contribution in [0.2, 0.25) is 0 Å². The topological polar surface area (TPSA) is 58.5 Å². The van der Waals surface area contributed by atoms with Crippen molar-refractivity contribution in [3.63, 3.8) is 0 Å². The van der Waals surface area contributed by atoms with Gasteiger partial charge in [-0.2, -0.15) is 0 Å². The molecule has 0 aliphatic heterocycles. The summed E-state index contributed by atoms with van der Waals surface area (Å²) in [6, 6.07) is 5.93. The molecule has 0 saturated carbocycles. The van der Waals surface area contributed by atoms with Gasteiger partial charge in [-0.25, -0.2) is 4.98 Å². The average Bonchev–Trinajstić information content (AvgIpc) is 2.93. The number of thiazole rings is 1. The summed E-state index contributed by atoms with van der Waals surface area (Å²) in [5.41, 5.74) is 1.06. The fraction of sp³-hybridized carbons (Fsp3) is 0.333. The van der Waals surface area contributed by atoms with E-state index < -0.39 is 0 Å². The second-order valence-corrected chi connectivity index (χ2v) is 6.84. The standard InChI is InChI=1S/C15H19BrN4OS/c1-10-7-18-14(22-10)9-20-15(17-2)19-8-11-6-12(16)4-5-13(11)21-3/h4-7H,8-9H2,1-3H3,(H2,17,19,20). The van der Waals surface area contributed by atoms with Crippen molar-refractivity contribution in [2.24, 2.45) is 4.99 Å². The van der Waals surface area contributed by atoms with Crippen molar-refractivity contribution in [2.75, 3.05) is 14.2 Å². The van der Waals surface area contributed by atoms with Crippen LogP contribution in [0, 0.1) is 6.92 Å². The van der Waals surface area contributed by atoms with Crippen molar-refractivity contribution >= 4 is 33.2 Å². The van der Waals surface area contributed by atoms with Crippen LogP contribution in [0.1, 0.15) is 15.4 Å². The highest BCUT2D eigenvalue weighted by Gasteiger charge is 2.06. The zero-order chi connectivity index (χ0) is 15.9. The second-order valence-electron chi connectivity index (χ2n) is 4.60. The fourth-order valence-electron chi connectivity index (χ4n) is 1.93. The quantitative estimate of drug-likeness (QED) is 0.616. The molecule has 0 bridgehead atoms. The minimum absolute atomic E-state index is 0.624. The Kier molecular flexibility index (Phi) is 6.21. The number of halogens is 1. The third-order valence-electron chi connectivity index (χ3n) is 2.99. The van der Waals surface area contributed by atoms with E-state index in [2.05, 4.69) is 36.5 Å². The van der Waals surface area contributed by atoms with E-state index in [9.17, 15) is 0 Å². The first kappa shape index (κ1) is 16.8. The number of hydrogen-bond acceptors (Lipinski definition) is 4. The molecule has 0 unspecified atom stereocenters. The highest BCUT2D eigenvalue weighted by atomic mass is 79.9. The molecule has 2 N–H and O–H groups in total. The maximum absolute atomic E-state index is 5.37. The molecular formula is C15H19BrN4OS. The predicted octanol–water partition coefficient (Wildman–Crippen LogP) is 3.09. The number of aromatic nitrogens is 1. The Morgan fingerprint density at radius 1 is 1.36 bits per heavy atom. The van der Waals surface area contributed by atoms with Gasteiger partial charge < -0.3 is 15.4 Å². The number of benzene rings is 1. The third kappa shape index (κ3) is 4.71. The molecule has 0 atom stereocenters. The second kappa shape index (κ2) is 8.14. The summed E-state index contributed by atoms with van der Waals surface area (Å²) in [5, 5.41) is 7.58. The van der Waals surface area contributed by atoms with E-state index in [0.717, 1.165) is 26.8 Å². The Bertz CT molecular complexity index is 657. The van der Waals surface area contributed by atoms with E-state index in [-0.39, 0.29) is 0 Å². The molecule has 0 amide bonds. The predicted molar refractivity (Wildman–Crippen MR) is 94.6 cm³/mol. The first-order valence-corrected chi connectivity index (χ1v) is 8.41. The van der Waals surface area contributed by atoms with Crippen molar-refractivity contribution in [1.29, 1.82) is 0 Å². The lowest BCUT2D eigenvalue weighted by Gasteiger charge is -2.13. The monoisotopic (exact) mass is 382 g/mol. The van der Waals surface area contributed by atoms with Crippen molar-refractivity contribution in [1.82, 2.24) is 15.6 Å². The molecule has 1 aromatic heterocycles. The molecule has 0 aliphatic rings. The van der Waals surface area contributed by atoms with Crippen molar-refractivity contribution < 1.29 is 4.74 Å². The van der Waals surface area contributed by atoms with Gasteiger partial charge in [-0.05, 0) is 25.1 Å². The first-order chi connectivity index (χ1) is 10.6. The van der Waals surface area contributed by atoms with Crippen molar-refractivity contribution in [2.45, 2.75) is 20.0 Å². The van der Waals surface area contributed by atoms with Crippen LogP contribution in [0.4, 0.5) is 0 Å². The van der Waals surface area contributed by atoms with E-state index in [1.165, 1.54) is 4.88 Å². The lowest BCUT2D eigenvalue weighted by atomic mass is 10.2. The highest BCUT2D eigenvalue weighted by Crippen LogP contribution is 2.22. The van der Waals surface area contributed by atoms with E-state index in [1.54, 1.807) is 25.5 Å². The number of ether oxygens (including phenoxy) is 1. The molecule has 1 aromatic carbocycles. The van der Waals surface area contributed by atoms with Crippen LogP contribution < -0.4 is 15.4 Å². The number of hydrogen-bond donors (Lipinski definition) is 2. The first-order valence-electron chi connectivity index (χ1n) is 6.80. The van der Waals surface area contributed by atoms with Crippen LogP contribution in [0.15, 0.2) is 33.9 Å². The summed E-state index contributed by atoms with van der Waals surface area (Å²) >= 11 is 5.16. The molecule has 7 heteroatoms. The fourth-order valence-corrected chi connectivity index (χ4v) is 3.06. The molecule has 0 fully saturated rings. The molecule has 2 aromatic rings. The molecule has 0 radical (unpaired) electrons. The van der Waals surface area contributed by atoms with Crippen molar-refractivity contribution in [3.05, 3.63) is 44.3 Å². The van der Waals surface area contributed by atoms with Gasteiger partial charge in [0.05, 0.1) is 13.7 Å². The zero-order valence-corrected chi connectivity index (χ0v) is 15.2. The van der Waals surface area contributed by atoms with Gasteiger partial charge in [0.15, 0.2) is 5.96 Å². The minimum atomic E-state index is 0.624. The highest BCUT2D eigenvalue weighted by molar-refractivity contribution is 9.10. The molecular weight excluding hydrogens is 364 g/mol. The summed E-state index contributed by atoms with van der Waals surface area (Å²) in [6.45, 7) is 3.33. The van der Waals surface area contributed by atoms with Gasteiger partial charge in [-0.1, -0.05) is 15.9 Å². The minimum Gasteiger partial charge on any atom is -0.496 e. The van der Waals surface area contributed by atoms with Gasteiger partial charge >= 0.3 is 0 Å². The largest absolute Gasteiger partial charge is 0.496 e. The number of aliphatic imine (C=N–C) groups is 1. The number of guanidine groups is 1. The Labute approximate surface area is 143 Å². The normalized spacial score (nSPS) is 11.4. The summed E-state index contributed by atoms with van der Waals surface area (Å²) in [6.07, 6.45) is 1.88. The van der Waals surface area contributed by atoms with Gasteiger partial charge in [0.2, 0.25) is 0 Å². The number of methoxy groups -OCH3 is 1. The van der Waals surface area contributed by atoms with E-state index >= 15 is 0 Å². The van der Waals surface area contributed by atoms with Crippen LogP contribution in [0.5, 0.6) is 5.75 Å². The van der Waals surface area contributed by atoms with Crippen molar-refractivity contribution in [3.8, 4) is 5.75 Å². The lowest BCUT2D eigenvalue weighted by molar-refractivity contribution is 0.409. The van der Waals surface area contributed by atoms with E-state index in [1.807, 2.05) is 31.3 Å². The zero-order valence-electron chi connectivity index (χ0n) is 12.8. The van der Waals surface area contributed by atoms with E-state index in [0.29, 0.717) is 13.1 Å². The van der Waals surface area contributed by atoms with Gasteiger partial charge in [-0.3, -0.25) is 4.99 Å². The average molecular weight is 383 g/mol. The van der Waals surface area contributed by atoms with Crippen LogP contribution in [-0.4, -0.2) is 25.1 Å². The molecule has 1 heterocycles. The molecule has 0 spiro atoms. The Morgan fingerprint density at radius 2 is 2.14 bits per heavy atom. The number of rotatable bonds is 5. The van der Waals surface area contributed by atoms with E-state index in [4.69, 9.17) is 4.74 Å². The van der Waals surface area contributed by atoms with Crippen LogP contribution >= 0.6 is 27.3 Å².